The van der Waals surface area contributed by atoms with Gasteiger partial charge >= 0.3 is 5.97 Å². The summed E-state index contributed by atoms with van der Waals surface area (Å²) in [6.45, 7) is 6.77. The first-order valence-electron chi connectivity index (χ1n) is 8.71. The lowest BCUT2D eigenvalue weighted by atomic mass is 10.1. The zero-order valence-electron chi connectivity index (χ0n) is 15.1. The van der Waals surface area contributed by atoms with Crippen molar-refractivity contribution in [1.82, 2.24) is 9.55 Å². The molecule has 0 amide bonds. The van der Waals surface area contributed by atoms with Gasteiger partial charge in [0, 0.05) is 13.0 Å². The van der Waals surface area contributed by atoms with Crippen molar-refractivity contribution in [3.8, 4) is 0 Å². The lowest BCUT2D eigenvalue weighted by molar-refractivity contribution is 0.0477. The highest BCUT2D eigenvalue weighted by Crippen LogP contribution is 2.29. The molecule has 6 heteroatoms. The van der Waals surface area contributed by atoms with Gasteiger partial charge in [0.2, 0.25) is 0 Å². The fraction of sp³-hybridized carbons (Fsp3) is 0.350. The number of fused-ring (bicyclic) bond motifs is 2. The minimum atomic E-state index is -0.394. The molecule has 0 atom stereocenters. The third-order valence-corrected chi connectivity index (χ3v) is 5.91. The summed E-state index contributed by atoms with van der Waals surface area (Å²) in [5.74, 6) is 0.424. The van der Waals surface area contributed by atoms with E-state index in [0.717, 1.165) is 35.4 Å². The van der Waals surface area contributed by atoms with Crippen molar-refractivity contribution in [3.05, 3.63) is 61.5 Å². The molecule has 0 saturated carbocycles. The van der Waals surface area contributed by atoms with Gasteiger partial charge in [-0.15, -0.1) is 11.3 Å². The van der Waals surface area contributed by atoms with Gasteiger partial charge in [-0.2, -0.15) is 0 Å². The summed E-state index contributed by atoms with van der Waals surface area (Å²) in [7, 11) is 0. The van der Waals surface area contributed by atoms with Crippen LogP contribution < -0.4 is 5.56 Å². The van der Waals surface area contributed by atoms with Gasteiger partial charge in [-0.3, -0.25) is 9.36 Å². The van der Waals surface area contributed by atoms with Gasteiger partial charge in [-0.05, 0) is 38.3 Å². The van der Waals surface area contributed by atoms with E-state index in [0.29, 0.717) is 27.2 Å². The molecular formula is C20H20N2O3S. The second-order valence-corrected chi connectivity index (χ2v) is 7.90. The van der Waals surface area contributed by atoms with Crippen molar-refractivity contribution in [1.29, 1.82) is 0 Å². The van der Waals surface area contributed by atoms with E-state index < -0.39 is 5.97 Å². The van der Waals surface area contributed by atoms with E-state index in [1.807, 2.05) is 26.0 Å². The highest BCUT2D eigenvalue weighted by molar-refractivity contribution is 7.20. The van der Waals surface area contributed by atoms with Crippen LogP contribution in [0.1, 0.15) is 44.2 Å². The Hall–Kier alpha value is -2.47. The van der Waals surface area contributed by atoms with E-state index in [9.17, 15) is 9.59 Å². The lowest BCUT2D eigenvalue weighted by Crippen LogP contribution is -2.20. The maximum absolute atomic E-state index is 12.7. The minimum absolute atomic E-state index is 0.0374. The second kappa shape index (κ2) is 6.36. The Morgan fingerprint density at radius 1 is 1.23 bits per heavy atom. The molecule has 1 aliphatic heterocycles. The molecule has 134 valence electrons. The van der Waals surface area contributed by atoms with Crippen LogP contribution in [0.3, 0.4) is 0 Å². The van der Waals surface area contributed by atoms with Crippen molar-refractivity contribution in [2.45, 2.75) is 46.8 Å². The number of ether oxygens (including phenoxy) is 1. The standard InChI is InChI=1S/C20H20N2O3S/c1-11-7-12(2)9-14(8-11)10-25-20(24)17-13(3)16-18(26-17)21-15-5-4-6-22(15)19(16)23/h7-9H,4-6,10H2,1-3H3. The third kappa shape index (κ3) is 2.84. The maximum atomic E-state index is 12.7. The second-order valence-electron chi connectivity index (χ2n) is 6.90. The number of carbonyl (C=O) groups excluding carboxylic acids is 1. The monoisotopic (exact) mass is 368 g/mol. The van der Waals surface area contributed by atoms with Crippen LogP contribution in [0.15, 0.2) is 23.0 Å². The largest absolute Gasteiger partial charge is 0.457 e. The molecule has 26 heavy (non-hydrogen) atoms. The molecule has 2 aromatic heterocycles. The van der Waals surface area contributed by atoms with Gasteiger partial charge in [0.1, 0.15) is 22.1 Å². The Morgan fingerprint density at radius 2 is 1.96 bits per heavy atom. The van der Waals surface area contributed by atoms with Crippen LogP contribution in [0.4, 0.5) is 0 Å². The Morgan fingerprint density at radius 3 is 2.69 bits per heavy atom. The molecule has 0 fully saturated rings. The predicted octanol–water partition coefficient (Wildman–Crippen LogP) is 3.69. The number of thiophene rings is 1. The number of hydrogen-bond donors (Lipinski definition) is 0. The van der Waals surface area contributed by atoms with Gasteiger partial charge in [0.05, 0.1) is 5.39 Å². The normalized spacial score (nSPS) is 13.2. The van der Waals surface area contributed by atoms with Gasteiger partial charge in [0.15, 0.2) is 0 Å². The average Bonchev–Trinajstić information content (AvgIpc) is 3.17. The van der Waals surface area contributed by atoms with Crippen molar-refractivity contribution in [2.24, 2.45) is 0 Å². The molecule has 0 aliphatic carbocycles. The molecule has 3 aromatic rings. The molecule has 0 unspecified atom stereocenters. The zero-order valence-corrected chi connectivity index (χ0v) is 15.9. The molecule has 0 radical (unpaired) electrons. The molecular weight excluding hydrogens is 348 g/mol. The van der Waals surface area contributed by atoms with Crippen LogP contribution in [0, 0.1) is 20.8 Å². The van der Waals surface area contributed by atoms with Crippen LogP contribution in [0.25, 0.3) is 10.2 Å². The van der Waals surface area contributed by atoms with Crippen LogP contribution in [-0.2, 0) is 24.3 Å². The van der Waals surface area contributed by atoms with Crippen LogP contribution in [0.2, 0.25) is 0 Å². The first-order valence-corrected chi connectivity index (χ1v) is 9.53. The fourth-order valence-electron chi connectivity index (χ4n) is 3.64. The van der Waals surface area contributed by atoms with Crippen molar-refractivity contribution < 1.29 is 9.53 Å². The van der Waals surface area contributed by atoms with Gasteiger partial charge < -0.3 is 4.74 Å². The molecule has 4 rings (SSSR count). The van der Waals surface area contributed by atoms with Crippen molar-refractivity contribution >= 4 is 27.5 Å². The van der Waals surface area contributed by atoms with Gasteiger partial charge in [-0.1, -0.05) is 29.3 Å². The van der Waals surface area contributed by atoms with E-state index in [4.69, 9.17) is 4.74 Å². The van der Waals surface area contributed by atoms with E-state index in [-0.39, 0.29) is 12.2 Å². The highest BCUT2D eigenvalue weighted by Gasteiger charge is 2.24. The third-order valence-electron chi connectivity index (χ3n) is 4.75. The smallest absolute Gasteiger partial charge is 0.349 e. The molecule has 0 bridgehead atoms. The summed E-state index contributed by atoms with van der Waals surface area (Å²) in [6, 6.07) is 6.10. The highest BCUT2D eigenvalue weighted by atomic mass is 32.1. The Balaban J connectivity index is 1.64. The predicted molar refractivity (Wildman–Crippen MR) is 102 cm³/mol. The topological polar surface area (TPSA) is 61.2 Å². The quantitative estimate of drug-likeness (QED) is 0.662. The number of benzene rings is 1. The molecule has 3 heterocycles. The molecule has 0 spiro atoms. The maximum Gasteiger partial charge on any atom is 0.349 e. The van der Waals surface area contributed by atoms with Crippen molar-refractivity contribution in [2.75, 3.05) is 0 Å². The van der Waals surface area contributed by atoms with Crippen LogP contribution in [0.5, 0.6) is 0 Å². The van der Waals surface area contributed by atoms with E-state index in [1.54, 1.807) is 11.5 Å². The van der Waals surface area contributed by atoms with Crippen molar-refractivity contribution in [3.63, 3.8) is 0 Å². The number of nitrogens with zero attached hydrogens (tertiary/aromatic N) is 2. The minimum Gasteiger partial charge on any atom is -0.457 e. The fourth-order valence-corrected chi connectivity index (χ4v) is 4.72. The Bertz CT molecular complexity index is 1070. The zero-order chi connectivity index (χ0) is 18.4. The van der Waals surface area contributed by atoms with Gasteiger partial charge in [-0.25, -0.2) is 9.78 Å². The molecule has 0 saturated heterocycles. The van der Waals surface area contributed by atoms with E-state index in [2.05, 4.69) is 11.1 Å². The number of hydrogen-bond acceptors (Lipinski definition) is 5. The molecule has 1 aromatic carbocycles. The molecule has 0 N–H and O–H groups in total. The number of aromatic nitrogens is 2. The summed E-state index contributed by atoms with van der Waals surface area (Å²) in [4.78, 5) is 31.0. The summed E-state index contributed by atoms with van der Waals surface area (Å²) in [5.41, 5.74) is 3.88. The summed E-state index contributed by atoms with van der Waals surface area (Å²) >= 11 is 1.25. The number of rotatable bonds is 3. The Labute approximate surface area is 155 Å². The Kier molecular flexibility index (Phi) is 4.15. The molecule has 5 nitrogen and oxygen atoms in total. The summed E-state index contributed by atoms with van der Waals surface area (Å²) in [5, 5.41) is 0.555. The average molecular weight is 368 g/mol. The van der Waals surface area contributed by atoms with E-state index in [1.165, 1.54) is 11.3 Å². The SMILES string of the molecule is Cc1cc(C)cc(COC(=O)c2sc3nc4n(c(=O)c3c2C)CCC4)c1. The first-order chi connectivity index (χ1) is 12.4. The van der Waals surface area contributed by atoms with Crippen LogP contribution >= 0.6 is 11.3 Å². The number of carbonyl (C=O) groups is 1. The van der Waals surface area contributed by atoms with E-state index >= 15 is 0 Å². The summed E-state index contributed by atoms with van der Waals surface area (Å²) < 4.78 is 7.24. The lowest BCUT2D eigenvalue weighted by Gasteiger charge is -2.06. The van der Waals surface area contributed by atoms with Gasteiger partial charge in [0.25, 0.3) is 5.56 Å². The molecule has 1 aliphatic rings. The number of aryl methyl sites for hydroxylation is 4. The first kappa shape index (κ1) is 17.0. The summed E-state index contributed by atoms with van der Waals surface area (Å²) in [6.07, 6.45) is 1.76. The number of esters is 1. The van der Waals surface area contributed by atoms with Crippen LogP contribution in [-0.4, -0.2) is 15.5 Å².